The molecular formula is C17H16N2O2. The van der Waals surface area contributed by atoms with Crippen molar-refractivity contribution in [1.29, 1.82) is 0 Å². The van der Waals surface area contributed by atoms with Gasteiger partial charge in [-0.05, 0) is 24.6 Å². The average molecular weight is 280 g/mol. The van der Waals surface area contributed by atoms with Crippen LogP contribution in [0.3, 0.4) is 0 Å². The van der Waals surface area contributed by atoms with Crippen LogP contribution < -0.4 is 10.6 Å². The van der Waals surface area contributed by atoms with E-state index in [4.69, 9.17) is 5.73 Å². The van der Waals surface area contributed by atoms with Gasteiger partial charge < -0.3 is 5.73 Å². The summed E-state index contributed by atoms with van der Waals surface area (Å²) in [6.45, 7) is 1.81. The molecule has 1 aliphatic rings. The Morgan fingerprint density at radius 2 is 1.62 bits per heavy atom. The largest absolute Gasteiger partial charge is 0.397 e. The smallest absolute Gasteiger partial charge is 0.244 e. The van der Waals surface area contributed by atoms with E-state index in [0.29, 0.717) is 11.4 Å². The number of benzene rings is 2. The molecule has 21 heavy (non-hydrogen) atoms. The molecule has 4 heteroatoms. The molecule has 1 heterocycles. The van der Waals surface area contributed by atoms with Gasteiger partial charge in [-0.2, -0.15) is 0 Å². The SMILES string of the molecule is CC1(c2ccccc2)CC(=O)N(c2ccccc2N)C1=O. The van der Waals surface area contributed by atoms with Crippen LogP contribution in [-0.4, -0.2) is 11.8 Å². The van der Waals surface area contributed by atoms with Gasteiger partial charge in [0.2, 0.25) is 11.8 Å². The number of amides is 2. The number of nitrogens with zero attached hydrogens (tertiary/aromatic N) is 1. The standard InChI is InChI=1S/C17H16N2O2/c1-17(12-7-3-2-4-8-12)11-15(20)19(16(17)21)14-10-6-5-9-13(14)18/h2-10H,11,18H2,1H3. The van der Waals surface area contributed by atoms with Gasteiger partial charge in [0.15, 0.2) is 0 Å². The summed E-state index contributed by atoms with van der Waals surface area (Å²) in [4.78, 5) is 26.4. The van der Waals surface area contributed by atoms with Gasteiger partial charge >= 0.3 is 0 Å². The predicted octanol–water partition coefficient (Wildman–Crippen LogP) is 2.49. The number of anilines is 2. The molecule has 1 aliphatic heterocycles. The Labute approximate surface area is 123 Å². The van der Waals surface area contributed by atoms with E-state index in [1.807, 2.05) is 37.3 Å². The number of hydrogen-bond donors (Lipinski definition) is 1. The Morgan fingerprint density at radius 3 is 2.29 bits per heavy atom. The summed E-state index contributed by atoms with van der Waals surface area (Å²) in [5.74, 6) is -0.444. The molecular weight excluding hydrogens is 264 g/mol. The third-order valence-corrected chi connectivity index (χ3v) is 4.02. The van der Waals surface area contributed by atoms with Crippen LogP contribution in [-0.2, 0) is 15.0 Å². The molecule has 1 unspecified atom stereocenters. The van der Waals surface area contributed by atoms with E-state index in [0.717, 1.165) is 5.56 Å². The van der Waals surface area contributed by atoms with Crippen molar-refractivity contribution in [3.63, 3.8) is 0 Å². The number of para-hydroxylation sites is 2. The normalized spacial score (nSPS) is 21.9. The summed E-state index contributed by atoms with van der Waals surface area (Å²) >= 11 is 0. The molecule has 1 fully saturated rings. The van der Waals surface area contributed by atoms with E-state index in [9.17, 15) is 9.59 Å². The molecule has 2 amide bonds. The number of nitrogens with two attached hydrogens (primary N) is 1. The van der Waals surface area contributed by atoms with E-state index in [1.54, 1.807) is 24.3 Å². The molecule has 2 aromatic rings. The fourth-order valence-corrected chi connectivity index (χ4v) is 2.78. The van der Waals surface area contributed by atoms with Crippen LogP contribution in [0, 0.1) is 0 Å². The third-order valence-electron chi connectivity index (χ3n) is 4.02. The van der Waals surface area contributed by atoms with Gasteiger partial charge in [0.25, 0.3) is 0 Å². The van der Waals surface area contributed by atoms with Gasteiger partial charge in [0.1, 0.15) is 0 Å². The van der Waals surface area contributed by atoms with Crippen LogP contribution in [0.4, 0.5) is 11.4 Å². The molecule has 0 bridgehead atoms. The second-order valence-electron chi connectivity index (χ2n) is 5.47. The summed E-state index contributed by atoms with van der Waals surface area (Å²) in [7, 11) is 0. The number of hydrogen-bond acceptors (Lipinski definition) is 3. The first-order valence-corrected chi connectivity index (χ1v) is 6.81. The molecule has 0 spiro atoms. The highest BCUT2D eigenvalue weighted by molar-refractivity contribution is 6.25. The molecule has 0 saturated carbocycles. The number of rotatable bonds is 2. The molecule has 1 atom stereocenters. The first-order valence-electron chi connectivity index (χ1n) is 6.81. The molecule has 0 aromatic heterocycles. The van der Waals surface area contributed by atoms with Crippen molar-refractivity contribution in [2.75, 3.05) is 10.6 Å². The molecule has 4 nitrogen and oxygen atoms in total. The van der Waals surface area contributed by atoms with E-state index < -0.39 is 5.41 Å². The zero-order valence-corrected chi connectivity index (χ0v) is 11.7. The lowest BCUT2D eigenvalue weighted by atomic mass is 9.81. The molecule has 2 N–H and O–H groups in total. The van der Waals surface area contributed by atoms with Crippen molar-refractivity contribution in [2.24, 2.45) is 0 Å². The maximum atomic E-state index is 12.8. The maximum absolute atomic E-state index is 12.8. The summed E-state index contributed by atoms with van der Waals surface area (Å²) in [6, 6.07) is 16.3. The fourth-order valence-electron chi connectivity index (χ4n) is 2.78. The minimum atomic E-state index is -0.833. The van der Waals surface area contributed by atoms with Crippen LogP contribution in [0.15, 0.2) is 54.6 Å². The molecule has 0 radical (unpaired) electrons. The Bertz CT molecular complexity index is 712. The second kappa shape index (κ2) is 4.74. The van der Waals surface area contributed by atoms with Crippen molar-refractivity contribution in [3.05, 3.63) is 60.2 Å². The van der Waals surface area contributed by atoms with E-state index in [2.05, 4.69) is 0 Å². The Morgan fingerprint density at radius 1 is 1.00 bits per heavy atom. The Balaban J connectivity index is 2.06. The second-order valence-corrected chi connectivity index (χ2v) is 5.47. The Hall–Kier alpha value is -2.62. The monoisotopic (exact) mass is 280 g/mol. The van der Waals surface area contributed by atoms with Gasteiger partial charge in [-0.15, -0.1) is 0 Å². The number of carbonyl (C=O) groups excluding carboxylic acids is 2. The summed E-state index contributed by atoms with van der Waals surface area (Å²) in [5, 5.41) is 0. The van der Waals surface area contributed by atoms with Gasteiger partial charge in [-0.3, -0.25) is 9.59 Å². The van der Waals surface area contributed by atoms with Crippen LogP contribution in [0.2, 0.25) is 0 Å². The number of imide groups is 1. The first kappa shape index (κ1) is 13.4. The number of carbonyl (C=O) groups is 2. The Kier molecular flexibility index (Phi) is 3.01. The molecule has 0 aliphatic carbocycles. The lowest BCUT2D eigenvalue weighted by Gasteiger charge is -2.23. The zero-order valence-electron chi connectivity index (χ0n) is 11.7. The minimum absolute atomic E-state index is 0.157. The molecule has 1 saturated heterocycles. The van der Waals surface area contributed by atoms with Crippen molar-refractivity contribution >= 4 is 23.2 Å². The molecule has 106 valence electrons. The van der Waals surface area contributed by atoms with Crippen molar-refractivity contribution in [3.8, 4) is 0 Å². The lowest BCUT2D eigenvalue weighted by molar-refractivity contribution is -0.122. The van der Waals surface area contributed by atoms with Gasteiger partial charge in [-0.25, -0.2) is 4.90 Å². The quantitative estimate of drug-likeness (QED) is 0.679. The highest BCUT2D eigenvalue weighted by Gasteiger charge is 2.50. The first-order chi connectivity index (χ1) is 10.0. The van der Waals surface area contributed by atoms with E-state index in [1.165, 1.54) is 4.90 Å². The van der Waals surface area contributed by atoms with Crippen LogP contribution >= 0.6 is 0 Å². The van der Waals surface area contributed by atoms with Crippen molar-refractivity contribution < 1.29 is 9.59 Å². The van der Waals surface area contributed by atoms with Gasteiger partial charge in [-0.1, -0.05) is 42.5 Å². The topological polar surface area (TPSA) is 63.4 Å². The van der Waals surface area contributed by atoms with Crippen LogP contribution in [0.25, 0.3) is 0 Å². The summed E-state index contributed by atoms with van der Waals surface area (Å²) in [6.07, 6.45) is 0.157. The van der Waals surface area contributed by atoms with E-state index >= 15 is 0 Å². The highest BCUT2D eigenvalue weighted by atomic mass is 16.2. The van der Waals surface area contributed by atoms with E-state index in [-0.39, 0.29) is 18.2 Å². The predicted molar refractivity (Wildman–Crippen MR) is 81.8 cm³/mol. The average Bonchev–Trinajstić information content (AvgIpc) is 2.72. The van der Waals surface area contributed by atoms with Gasteiger partial charge in [0.05, 0.1) is 16.8 Å². The third kappa shape index (κ3) is 2.00. The van der Waals surface area contributed by atoms with Crippen LogP contribution in [0.5, 0.6) is 0 Å². The number of nitrogen functional groups attached to an aromatic ring is 1. The van der Waals surface area contributed by atoms with Crippen molar-refractivity contribution in [1.82, 2.24) is 0 Å². The zero-order chi connectivity index (χ0) is 15.0. The minimum Gasteiger partial charge on any atom is -0.397 e. The summed E-state index contributed by atoms with van der Waals surface area (Å²) < 4.78 is 0. The van der Waals surface area contributed by atoms with Crippen LogP contribution in [0.1, 0.15) is 18.9 Å². The highest BCUT2D eigenvalue weighted by Crippen LogP contribution is 2.39. The molecule has 2 aromatic carbocycles. The van der Waals surface area contributed by atoms with Crippen molar-refractivity contribution in [2.45, 2.75) is 18.8 Å². The summed E-state index contributed by atoms with van der Waals surface area (Å²) in [5.41, 5.74) is 6.81. The lowest BCUT2D eigenvalue weighted by Crippen LogP contribution is -2.37. The molecule has 3 rings (SSSR count). The van der Waals surface area contributed by atoms with Gasteiger partial charge in [0, 0.05) is 6.42 Å². The fraction of sp³-hybridized carbons (Fsp3) is 0.176. The maximum Gasteiger partial charge on any atom is 0.244 e.